The van der Waals surface area contributed by atoms with Crippen LogP contribution in [0, 0.1) is 0 Å². The van der Waals surface area contributed by atoms with Gasteiger partial charge in [-0.2, -0.15) is 8.78 Å². The zero-order valence-corrected chi connectivity index (χ0v) is 20.1. The summed E-state index contributed by atoms with van der Waals surface area (Å²) < 4.78 is 61.7. The molecule has 0 aromatic heterocycles. The van der Waals surface area contributed by atoms with Gasteiger partial charge in [0.25, 0.3) is 5.92 Å². The number of halogens is 4. The predicted molar refractivity (Wildman–Crippen MR) is 132 cm³/mol. The molecule has 3 heterocycles. The van der Waals surface area contributed by atoms with Gasteiger partial charge in [-0.3, -0.25) is 4.79 Å². The van der Waals surface area contributed by atoms with E-state index in [0.29, 0.717) is 44.5 Å². The number of benzene rings is 3. The summed E-state index contributed by atoms with van der Waals surface area (Å²) in [6, 6.07) is 14.2. The standard InChI is InChI=1S/C28H20F4N2O4/c1-15(35)16-2-5-19(26(36)37)22(8-16)25-20-6-3-17(33-11-27(29,30)12-33)9-23(20)38-24-10-18(4-7-21(24)25)34-13-28(31,32)14-34/h2-10H,11-14H2,1H3/p+1. The average Bonchev–Trinajstić information content (AvgIpc) is 2.83. The molecule has 0 atom stereocenters. The van der Waals surface area contributed by atoms with Crippen molar-refractivity contribution in [2.24, 2.45) is 0 Å². The molecular weight excluding hydrogens is 504 g/mol. The first-order valence-electron chi connectivity index (χ1n) is 11.9. The van der Waals surface area contributed by atoms with Gasteiger partial charge in [-0.15, -0.1) is 0 Å². The Morgan fingerprint density at radius 2 is 1.66 bits per heavy atom. The Hall–Kier alpha value is -4.21. The fourth-order valence-electron chi connectivity index (χ4n) is 5.10. The van der Waals surface area contributed by atoms with Crippen LogP contribution in [0.3, 0.4) is 0 Å². The number of carboxylic acid groups (broad SMARTS) is 1. The molecule has 194 valence electrons. The summed E-state index contributed by atoms with van der Waals surface area (Å²) in [5.41, 5.74) is 2.35. The third-order valence-electron chi connectivity index (χ3n) is 7.03. The van der Waals surface area contributed by atoms with Gasteiger partial charge in [-0.1, -0.05) is 6.07 Å². The number of hydrogen-bond donors (Lipinski definition) is 1. The lowest BCUT2D eigenvalue weighted by molar-refractivity contribution is -0.0644. The van der Waals surface area contributed by atoms with Crippen LogP contribution in [0.25, 0.3) is 33.4 Å². The number of carbonyl (C=O) groups excluding carboxylic acids is 1. The maximum atomic E-state index is 13.5. The van der Waals surface area contributed by atoms with E-state index in [1.165, 1.54) is 34.6 Å². The van der Waals surface area contributed by atoms with Gasteiger partial charge in [-0.05, 0) is 42.8 Å². The van der Waals surface area contributed by atoms with Crippen molar-refractivity contribution in [1.29, 1.82) is 0 Å². The molecule has 0 saturated carbocycles. The van der Waals surface area contributed by atoms with E-state index in [4.69, 9.17) is 4.42 Å². The summed E-state index contributed by atoms with van der Waals surface area (Å²) >= 11 is 0. The Morgan fingerprint density at radius 3 is 2.29 bits per heavy atom. The van der Waals surface area contributed by atoms with Crippen molar-refractivity contribution in [2.75, 3.05) is 31.1 Å². The minimum atomic E-state index is -2.78. The molecule has 2 aromatic rings. The third-order valence-corrected chi connectivity index (χ3v) is 7.03. The number of Topliss-reactive ketones (excluding diaryl/α,β-unsaturated/α-hetero) is 1. The van der Waals surface area contributed by atoms with Crippen molar-refractivity contribution in [3.05, 3.63) is 71.1 Å². The number of aromatic carboxylic acids is 1. The molecule has 1 N–H and O–H groups in total. The zero-order chi connectivity index (χ0) is 27.0. The summed E-state index contributed by atoms with van der Waals surface area (Å²) in [5, 5.41) is 11.0. The molecule has 6 nitrogen and oxygen atoms in total. The number of alkyl halides is 4. The van der Waals surface area contributed by atoms with E-state index in [-0.39, 0.29) is 16.9 Å². The first kappa shape index (κ1) is 24.1. The first-order valence-corrected chi connectivity index (χ1v) is 11.9. The number of ketones is 1. The van der Waals surface area contributed by atoms with E-state index in [1.807, 2.05) is 0 Å². The molecule has 10 heteroatoms. The van der Waals surface area contributed by atoms with Crippen LogP contribution in [-0.4, -0.2) is 54.9 Å². The van der Waals surface area contributed by atoms with Crippen molar-refractivity contribution < 1.29 is 36.7 Å². The van der Waals surface area contributed by atoms with Gasteiger partial charge in [0.05, 0.1) is 24.7 Å². The summed E-state index contributed by atoms with van der Waals surface area (Å²) in [6.45, 7) is -0.362. The molecule has 0 radical (unpaired) electrons. The van der Waals surface area contributed by atoms with Crippen molar-refractivity contribution in [3.63, 3.8) is 0 Å². The SMILES string of the molecule is CC(=O)c1ccc(C(=O)O)c(-c2c3ccc(=[N+]4CC(F)(F)C4)cc-3oc3cc(N4CC(F)(F)C4)ccc23)c1. The van der Waals surface area contributed by atoms with Crippen LogP contribution in [0.1, 0.15) is 27.6 Å². The topological polar surface area (TPSA) is 73.8 Å². The number of nitrogens with zero attached hydrogens (tertiary/aromatic N) is 2. The largest absolute Gasteiger partial charge is 0.478 e. The fourth-order valence-corrected chi connectivity index (χ4v) is 5.10. The molecule has 2 aromatic carbocycles. The molecular formula is C28H21F4N2O4+. The number of carboxylic acids is 1. The molecule has 2 saturated heterocycles. The highest BCUT2D eigenvalue weighted by molar-refractivity contribution is 6.09. The summed E-state index contributed by atoms with van der Waals surface area (Å²) in [5.74, 6) is -6.71. The highest BCUT2D eigenvalue weighted by Gasteiger charge is 2.50. The zero-order valence-electron chi connectivity index (χ0n) is 20.1. The number of rotatable bonds is 4. The quantitative estimate of drug-likeness (QED) is 0.176. The van der Waals surface area contributed by atoms with Crippen LogP contribution in [-0.2, 0) is 0 Å². The molecule has 3 aliphatic heterocycles. The van der Waals surface area contributed by atoms with Crippen LogP contribution in [0.5, 0.6) is 0 Å². The molecule has 38 heavy (non-hydrogen) atoms. The fraction of sp³-hybridized carbons (Fsp3) is 0.250. The van der Waals surface area contributed by atoms with Crippen LogP contribution in [0.2, 0.25) is 0 Å². The van der Waals surface area contributed by atoms with Gasteiger partial charge < -0.3 is 14.4 Å². The Balaban J connectivity index is 1.64. The van der Waals surface area contributed by atoms with E-state index < -0.39 is 44.0 Å². The highest BCUT2D eigenvalue weighted by Crippen LogP contribution is 2.43. The van der Waals surface area contributed by atoms with E-state index in [9.17, 15) is 32.3 Å². The lowest BCUT2D eigenvalue weighted by Crippen LogP contribution is -2.57. The Kier molecular flexibility index (Phi) is 5.17. The number of anilines is 1. The molecule has 0 amide bonds. The second-order valence-electron chi connectivity index (χ2n) is 9.88. The van der Waals surface area contributed by atoms with Crippen LogP contribution >= 0.6 is 0 Å². The summed E-state index contributed by atoms with van der Waals surface area (Å²) in [4.78, 5) is 25.8. The van der Waals surface area contributed by atoms with Gasteiger partial charge in [0.2, 0.25) is 18.4 Å². The minimum absolute atomic E-state index is 0.0401. The lowest BCUT2D eigenvalue weighted by atomic mass is 9.89. The Labute approximate surface area is 213 Å². The van der Waals surface area contributed by atoms with Crippen LogP contribution in [0.4, 0.5) is 23.2 Å². The maximum absolute atomic E-state index is 13.5. The van der Waals surface area contributed by atoms with E-state index in [2.05, 4.69) is 0 Å². The lowest BCUT2D eigenvalue weighted by Gasteiger charge is -2.40. The molecule has 1 aliphatic carbocycles. The van der Waals surface area contributed by atoms with Crippen molar-refractivity contribution in [3.8, 4) is 22.5 Å². The smallest absolute Gasteiger partial charge is 0.361 e. The third kappa shape index (κ3) is 4.00. The van der Waals surface area contributed by atoms with Crippen molar-refractivity contribution >= 4 is 28.4 Å². The van der Waals surface area contributed by atoms with Gasteiger partial charge >= 0.3 is 11.9 Å². The number of fused-ring (bicyclic) bond motifs is 2. The molecule has 0 unspecified atom stereocenters. The average molecular weight is 525 g/mol. The summed E-state index contributed by atoms with van der Waals surface area (Å²) in [7, 11) is 0. The Morgan fingerprint density at radius 1 is 0.921 bits per heavy atom. The molecule has 4 aliphatic rings. The molecule has 0 bridgehead atoms. The van der Waals surface area contributed by atoms with Gasteiger partial charge in [-0.25, -0.2) is 18.2 Å². The molecule has 6 rings (SSSR count). The Bertz CT molecular complexity index is 1690. The first-order chi connectivity index (χ1) is 17.9. The van der Waals surface area contributed by atoms with Gasteiger partial charge in [0, 0.05) is 39.9 Å². The van der Waals surface area contributed by atoms with E-state index in [0.717, 1.165) is 0 Å². The highest BCUT2D eigenvalue weighted by atomic mass is 19.3. The summed E-state index contributed by atoms with van der Waals surface area (Å²) in [6.07, 6.45) is 0. The molecule has 2 fully saturated rings. The van der Waals surface area contributed by atoms with Crippen molar-refractivity contribution in [1.82, 2.24) is 4.58 Å². The second kappa shape index (κ2) is 8.14. The predicted octanol–water partition coefficient (Wildman–Crippen LogP) is 4.98. The number of hydrogen-bond acceptors (Lipinski definition) is 4. The van der Waals surface area contributed by atoms with Crippen molar-refractivity contribution in [2.45, 2.75) is 18.8 Å². The number of carbonyl (C=O) groups is 2. The molecule has 0 spiro atoms. The van der Waals surface area contributed by atoms with E-state index >= 15 is 0 Å². The normalized spacial score (nSPS) is 17.8. The van der Waals surface area contributed by atoms with Crippen LogP contribution < -0.4 is 14.8 Å². The van der Waals surface area contributed by atoms with Gasteiger partial charge in [0.15, 0.2) is 5.78 Å². The second-order valence-corrected chi connectivity index (χ2v) is 9.88. The van der Waals surface area contributed by atoms with Gasteiger partial charge in [0.1, 0.15) is 11.3 Å². The monoisotopic (exact) mass is 525 g/mol. The minimum Gasteiger partial charge on any atom is -0.478 e. The van der Waals surface area contributed by atoms with E-state index in [1.54, 1.807) is 36.4 Å². The maximum Gasteiger partial charge on any atom is 0.361 e. The van der Waals surface area contributed by atoms with Crippen LogP contribution in [0.15, 0.2) is 59.0 Å².